The SMILES string of the molecule is CCN(C(=O)c1cc(F)ccc1-c1cc(C2CN(C(C[C@@H]3CN(C(=O)OC(C)(C)C)CCO3)C(C)C)C2)cn2c(C)ncc12)C(C)C. The number of pyridine rings is 1. The monoisotopic (exact) mass is 649 g/mol. The number of hydrogen-bond donors (Lipinski definition) is 0. The van der Waals surface area contributed by atoms with Gasteiger partial charge in [0.25, 0.3) is 5.91 Å². The number of rotatable bonds is 9. The number of halogens is 1. The van der Waals surface area contributed by atoms with Gasteiger partial charge in [-0.15, -0.1) is 0 Å². The predicted molar refractivity (Wildman–Crippen MR) is 182 cm³/mol. The van der Waals surface area contributed by atoms with Gasteiger partial charge in [0.15, 0.2) is 0 Å². The second-order valence-corrected chi connectivity index (χ2v) is 14.7. The van der Waals surface area contributed by atoms with Crippen LogP contribution in [0.25, 0.3) is 16.6 Å². The lowest BCUT2D eigenvalue weighted by Gasteiger charge is -2.48. The number of amides is 2. The second kappa shape index (κ2) is 13.9. The van der Waals surface area contributed by atoms with E-state index in [9.17, 15) is 14.0 Å². The molecule has 4 heterocycles. The number of hydrogen-bond acceptors (Lipinski definition) is 6. The van der Waals surface area contributed by atoms with E-state index in [0.717, 1.165) is 42.0 Å². The third-order valence-corrected chi connectivity index (χ3v) is 9.49. The van der Waals surface area contributed by atoms with E-state index in [0.29, 0.717) is 49.3 Å². The van der Waals surface area contributed by atoms with Crippen LogP contribution < -0.4 is 0 Å². The van der Waals surface area contributed by atoms with Crippen molar-refractivity contribution in [2.45, 2.75) is 98.4 Å². The average molecular weight is 650 g/mol. The van der Waals surface area contributed by atoms with Crippen LogP contribution in [0.1, 0.15) is 89.5 Å². The van der Waals surface area contributed by atoms with Crippen LogP contribution in [0, 0.1) is 18.7 Å². The van der Waals surface area contributed by atoms with Gasteiger partial charge in [-0.3, -0.25) is 9.69 Å². The van der Waals surface area contributed by atoms with Gasteiger partial charge >= 0.3 is 6.09 Å². The maximum Gasteiger partial charge on any atom is 0.410 e. The first-order chi connectivity index (χ1) is 22.2. The fourth-order valence-electron chi connectivity index (χ4n) is 6.97. The third kappa shape index (κ3) is 7.64. The molecule has 0 radical (unpaired) electrons. The van der Waals surface area contributed by atoms with Crippen molar-refractivity contribution in [3.8, 4) is 11.1 Å². The van der Waals surface area contributed by atoms with Crippen LogP contribution in [-0.2, 0) is 9.47 Å². The molecule has 0 bridgehead atoms. The molecule has 5 rings (SSSR count). The lowest BCUT2D eigenvalue weighted by atomic mass is 9.85. The quantitative estimate of drug-likeness (QED) is 0.255. The molecule has 1 aromatic carbocycles. The van der Waals surface area contributed by atoms with Gasteiger partial charge in [-0.05, 0) is 90.1 Å². The molecule has 2 fully saturated rings. The van der Waals surface area contributed by atoms with E-state index in [4.69, 9.17) is 9.47 Å². The zero-order chi connectivity index (χ0) is 34.2. The van der Waals surface area contributed by atoms with Gasteiger partial charge in [-0.2, -0.15) is 0 Å². The van der Waals surface area contributed by atoms with E-state index in [1.807, 2.05) is 54.7 Å². The number of morpholine rings is 1. The van der Waals surface area contributed by atoms with E-state index >= 15 is 0 Å². The molecule has 9 nitrogen and oxygen atoms in total. The van der Waals surface area contributed by atoms with Crippen molar-refractivity contribution in [2.24, 2.45) is 5.92 Å². The van der Waals surface area contributed by atoms with Crippen LogP contribution >= 0.6 is 0 Å². The lowest BCUT2D eigenvalue weighted by molar-refractivity contribution is -0.0617. The number of carbonyl (C=O) groups is 2. The van der Waals surface area contributed by atoms with Crippen LogP contribution in [0.15, 0.2) is 36.7 Å². The van der Waals surface area contributed by atoms with Crippen molar-refractivity contribution in [3.05, 3.63) is 59.4 Å². The Morgan fingerprint density at radius 3 is 2.47 bits per heavy atom. The number of fused-ring (bicyclic) bond motifs is 1. The number of aryl methyl sites for hydroxylation is 1. The number of benzene rings is 1. The summed E-state index contributed by atoms with van der Waals surface area (Å²) in [4.78, 5) is 37.2. The Hall–Kier alpha value is -3.50. The van der Waals surface area contributed by atoms with Gasteiger partial charge in [0, 0.05) is 55.9 Å². The smallest absolute Gasteiger partial charge is 0.410 e. The third-order valence-electron chi connectivity index (χ3n) is 9.49. The van der Waals surface area contributed by atoms with Crippen LogP contribution in [0.2, 0.25) is 0 Å². The summed E-state index contributed by atoms with van der Waals surface area (Å²) < 4.78 is 28.5. The molecule has 256 valence electrons. The first-order valence-corrected chi connectivity index (χ1v) is 17.1. The topological polar surface area (TPSA) is 79.6 Å². The van der Waals surface area contributed by atoms with Gasteiger partial charge in [0.05, 0.1) is 36.5 Å². The molecule has 0 N–H and O–H groups in total. The molecular formula is C37H52FN5O4. The van der Waals surface area contributed by atoms with Crippen LogP contribution in [0.4, 0.5) is 9.18 Å². The molecule has 2 aliphatic heterocycles. The Balaban J connectivity index is 1.37. The Labute approximate surface area is 279 Å². The maximum absolute atomic E-state index is 14.6. The molecule has 10 heteroatoms. The van der Waals surface area contributed by atoms with Crippen LogP contribution in [0.3, 0.4) is 0 Å². The molecule has 1 unspecified atom stereocenters. The van der Waals surface area contributed by atoms with Crippen molar-refractivity contribution in [1.82, 2.24) is 24.1 Å². The number of nitrogens with zero attached hydrogens (tertiary/aromatic N) is 5. The molecule has 0 aliphatic carbocycles. The highest BCUT2D eigenvalue weighted by atomic mass is 19.1. The molecule has 2 saturated heterocycles. The summed E-state index contributed by atoms with van der Waals surface area (Å²) in [5, 5.41) is 0. The Kier molecular flexibility index (Phi) is 10.3. The van der Waals surface area contributed by atoms with Crippen molar-refractivity contribution < 1.29 is 23.5 Å². The van der Waals surface area contributed by atoms with E-state index in [-0.39, 0.29) is 30.1 Å². The summed E-state index contributed by atoms with van der Waals surface area (Å²) in [5.74, 6) is 0.936. The normalized spacial score (nSPS) is 18.6. The highest BCUT2D eigenvalue weighted by molar-refractivity contribution is 6.03. The molecular weight excluding hydrogens is 597 g/mol. The zero-order valence-corrected chi connectivity index (χ0v) is 29.5. The lowest BCUT2D eigenvalue weighted by Crippen LogP contribution is -2.55. The second-order valence-electron chi connectivity index (χ2n) is 14.7. The summed E-state index contributed by atoms with van der Waals surface area (Å²) in [6.45, 7) is 21.9. The molecule has 0 saturated carbocycles. The summed E-state index contributed by atoms with van der Waals surface area (Å²) in [6, 6.07) is 6.98. The van der Waals surface area contributed by atoms with Crippen molar-refractivity contribution in [2.75, 3.05) is 39.3 Å². The summed E-state index contributed by atoms with van der Waals surface area (Å²) >= 11 is 0. The van der Waals surface area contributed by atoms with Gasteiger partial charge in [-0.1, -0.05) is 19.9 Å². The Morgan fingerprint density at radius 2 is 1.83 bits per heavy atom. The summed E-state index contributed by atoms with van der Waals surface area (Å²) in [5.41, 5.74) is 3.47. The van der Waals surface area contributed by atoms with Crippen LogP contribution in [-0.4, -0.2) is 99.2 Å². The van der Waals surface area contributed by atoms with Gasteiger partial charge < -0.3 is 23.7 Å². The summed E-state index contributed by atoms with van der Waals surface area (Å²) in [7, 11) is 0. The Bertz CT molecular complexity index is 1590. The molecule has 0 spiro atoms. The van der Waals surface area contributed by atoms with E-state index in [2.05, 4.69) is 40.4 Å². The molecule has 3 aromatic rings. The molecule has 2 aromatic heterocycles. The minimum Gasteiger partial charge on any atom is -0.444 e. The molecule has 2 aliphatic rings. The number of carbonyl (C=O) groups excluding carboxylic acids is 2. The van der Waals surface area contributed by atoms with E-state index < -0.39 is 11.4 Å². The molecule has 2 atom stereocenters. The average Bonchev–Trinajstić information content (AvgIpc) is 3.35. The fraction of sp³-hybridized carbons (Fsp3) is 0.595. The van der Waals surface area contributed by atoms with Gasteiger partial charge in [-0.25, -0.2) is 14.2 Å². The Morgan fingerprint density at radius 1 is 1.11 bits per heavy atom. The number of ether oxygens (including phenoxy) is 2. The van der Waals surface area contributed by atoms with Gasteiger partial charge in [0.1, 0.15) is 17.2 Å². The van der Waals surface area contributed by atoms with Crippen molar-refractivity contribution in [3.63, 3.8) is 0 Å². The largest absolute Gasteiger partial charge is 0.444 e. The van der Waals surface area contributed by atoms with E-state index in [1.165, 1.54) is 12.1 Å². The van der Waals surface area contributed by atoms with Crippen molar-refractivity contribution in [1.29, 1.82) is 0 Å². The van der Waals surface area contributed by atoms with Crippen LogP contribution in [0.5, 0.6) is 0 Å². The highest BCUT2D eigenvalue weighted by Gasteiger charge is 2.38. The predicted octanol–water partition coefficient (Wildman–Crippen LogP) is 6.77. The molecule has 2 amide bonds. The number of likely N-dealkylation sites (tertiary alicyclic amines) is 1. The van der Waals surface area contributed by atoms with E-state index in [1.54, 1.807) is 15.9 Å². The first kappa shape index (κ1) is 34.8. The standard InChI is InChI=1S/C37H52FN5O4/c1-10-42(24(4)5)35(44)32-16-28(38)11-12-30(32)31-15-26(21-43-25(6)39-18-34(31)43)27-19-41(20-27)33(23(2)3)17-29-22-40(13-14-46-29)36(45)47-37(7,8)9/h11-12,15-16,18,21,23-24,27,29,33H,10,13-14,17,19-20,22H2,1-9H3/t29-,33?/m1/s1. The maximum atomic E-state index is 14.6. The first-order valence-electron chi connectivity index (χ1n) is 17.1. The molecule has 47 heavy (non-hydrogen) atoms. The van der Waals surface area contributed by atoms with Crippen molar-refractivity contribution >= 4 is 17.5 Å². The number of aromatic nitrogens is 2. The number of imidazole rings is 1. The van der Waals surface area contributed by atoms with Gasteiger partial charge in [0.2, 0.25) is 0 Å². The minimum atomic E-state index is -0.534. The summed E-state index contributed by atoms with van der Waals surface area (Å²) in [6.07, 6.45) is 4.49. The minimum absolute atomic E-state index is 0.0126. The fourth-order valence-corrected chi connectivity index (χ4v) is 6.97. The highest BCUT2D eigenvalue weighted by Crippen LogP contribution is 2.37. The zero-order valence-electron chi connectivity index (χ0n) is 29.5.